The summed E-state index contributed by atoms with van der Waals surface area (Å²) in [5.41, 5.74) is 3.47. The van der Waals surface area contributed by atoms with E-state index in [1.54, 1.807) is 12.3 Å². The Bertz CT molecular complexity index is 1050. The third kappa shape index (κ3) is 3.69. The van der Waals surface area contributed by atoms with Crippen LogP contribution >= 0.6 is 0 Å². The molecule has 1 aliphatic heterocycles. The highest BCUT2D eigenvalue weighted by Gasteiger charge is 2.22. The lowest BCUT2D eigenvalue weighted by molar-refractivity contribution is -0.111. The Morgan fingerprint density at radius 2 is 2.18 bits per heavy atom. The summed E-state index contributed by atoms with van der Waals surface area (Å²) in [7, 11) is 0. The molecule has 4 rings (SSSR count). The summed E-state index contributed by atoms with van der Waals surface area (Å²) in [6, 6.07) is 13.6. The molecule has 0 fully saturated rings. The molecule has 3 aromatic rings. The second-order valence-corrected chi connectivity index (χ2v) is 6.77. The summed E-state index contributed by atoms with van der Waals surface area (Å²) >= 11 is 0. The van der Waals surface area contributed by atoms with Gasteiger partial charge >= 0.3 is 0 Å². The fourth-order valence-electron chi connectivity index (χ4n) is 3.41. The Labute approximate surface area is 164 Å². The maximum absolute atomic E-state index is 12.5. The molecule has 1 atom stereocenters. The van der Waals surface area contributed by atoms with Crippen LogP contribution in [0.4, 0.5) is 5.69 Å². The second-order valence-electron chi connectivity index (χ2n) is 6.77. The number of hydrogen-bond donors (Lipinski definition) is 1. The van der Waals surface area contributed by atoms with E-state index in [2.05, 4.69) is 10.3 Å². The highest BCUT2D eigenvalue weighted by atomic mass is 16.5. The predicted molar refractivity (Wildman–Crippen MR) is 111 cm³/mol. The van der Waals surface area contributed by atoms with Crippen molar-refractivity contribution in [2.45, 2.75) is 26.4 Å². The number of carbonyl (C=O) groups is 1. The van der Waals surface area contributed by atoms with Gasteiger partial charge in [-0.25, -0.2) is 0 Å². The smallest absolute Gasteiger partial charge is 0.248 e. The van der Waals surface area contributed by atoms with Crippen LogP contribution < -0.4 is 14.8 Å². The third-order valence-corrected chi connectivity index (χ3v) is 4.63. The van der Waals surface area contributed by atoms with Crippen molar-refractivity contribution in [2.75, 3.05) is 11.9 Å². The van der Waals surface area contributed by atoms with Crippen molar-refractivity contribution in [1.29, 1.82) is 0 Å². The molecule has 0 spiro atoms. The van der Waals surface area contributed by atoms with Crippen molar-refractivity contribution in [3.63, 3.8) is 0 Å². The number of anilines is 1. The molecule has 142 valence electrons. The van der Waals surface area contributed by atoms with E-state index >= 15 is 0 Å². The molecule has 0 saturated heterocycles. The molecule has 2 heterocycles. The summed E-state index contributed by atoms with van der Waals surface area (Å²) in [6.07, 6.45) is 6.01. The molecule has 1 aliphatic rings. The number of nitrogens with one attached hydrogen (secondary N) is 1. The first-order valence-electron chi connectivity index (χ1n) is 9.43. The number of amides is 1. The Morgan fingerprint density at radius 3 is 3.04 bits per heavy atom. The molecule has 1 amide bonds. The molecule has 0 saturated carbocycles. The van der Waals surface area contributed by atoms with Gasteiger partial charge in [-0.05, 0) is 32.1 Å². The number of aromatic nitrogens is 1. The zero-order valence-electron chi connectivity index (χ0n) is 15.9. The van der Waals surface area contributed by atoms with Crippen molar-refractivity contribution in [2.24, 2.45) is 0 Å². The van der Waals surface area contributed by atoms with Crippen LogP contribution in [0.5, 0.6) is 11.5 Å². The predicted octanol–water partition coefficient (Wildman–Crippen LogP) is 4.61. The quantitative estimate of drug-likeness (QED) is 0.663. The van der Waals surface area contributed by atoms with E-state index < -0.39 is 0 Å². The van der Waals surface area contributed by atoms with Crippen LogP contribution in [0, 0.1) is 0 Å². The number of carbonyl (C=O) groups excluding carboxylic acids is 1. The highest BCUT2D eigenvalue weighted by Crippen LogP contribution is 2.38. The topological polar surface area (TPSA) is 60.5 Å². The van der Waals surface area contributed by atoms with E-state index in [4.69, 9.17) is 9.47 Å². The van der Waals surface area contributed by atoms with Crippen molar-refractivity contribution >= 4 is 28.6 Å². The van der Waals surface area contributed by atoms with Crippen LogP contribution in [0.3, 0.4) is 0 Å². The number of pyridine rings is 1. The van der Waals surface area contributed by atoms with Gasteiger partial charge in [0.05, 0.1) is 17.8 Å². The molecule has 2 aromatic carbocycles. The van der Waals surface area contributed by atoms with Gasteiger partial charge in [-0.3, -0.25) is 9.78 Å². The minimum absolute atomic E-state index is 0.134. The minimum atomic E-state index is -0.236. The van der Waals surface area contributed by atoms with Gasteiger partial charge in [-0.15, -0.1) is 0 Å². The van der Waals surface area contributed by atoms with E-state index in [9.17, 15) is 4.79 Å². The average molecular weight is 374 g/mol. The molecule has 1 N–H and O–H groups in total. The maximum Gasteiger partial charge on any atom is 0.248 e. The molecule has 0 bridgehead atoms. The highest BCUT2D eigenvalue weighted by molar-refractivity contribution is 6.04. The van der Waals surface area contributed by atoms with Crippen molar-refractivity contribution in [3.8, 4) is 11.5 Å². The normalized spacial score (nSPS) is 15.4. The number of benzene rings is 2. The Balaban J connectivity index is 1.56. The van der Waals surface area contributed by atoms with Crippen LogP contribution in [-0.2, 0) is 11.2 Å². The van der Waals surface area contributed by atoms with Crippen LogP contribution in [0.25, 0.3) is 17.0 Å². The van der Waals surface area contributed by atoms with Crippen LogP contribution in [-0.4, -0.2) is 23.6 Å². The first kappa shape index (κ1) is 18.0. The zero-order chi connectivity index (χ0) is 19.5. The monoisotopic (exact) mass is 374 g/mol. The van der Waals surface area contributed by atoms with E-state index in [-0.39, 0.29) is 12.0 Å². The lowest BCUT2D eigenvalue weighted by Crippen LogP contribution is -2.10. The van der Waals surface area contributed by atoms with Crippen LogP contribution in [0.2, 0.25) is 0 Å². The molecular formula is C23H22N2O3. The lowest BCUT2D eigenvalue weighted by atomic mass is 10.1. The fourth-order valence-corrected chi connectivity index (χ4v) is 3.41. The zero-order valence-corrected chi connectivity index (χ0v) is 15.9. The van der Waals surface area contributed by atoms with Gasteiger partial charge in [0.25, 0.3) is 0 Å². The van der Waals surface area contributed by atoms with Gasteiger partial charge in [0.2, 0.25) is 5.91 Å². The summed E-state index contributed by atoms with van der Waals surface area (Å²) in [6.45, 7) is 4.47. The lowest BCUT2D eigenvalue weighted by Gasteiger charge is -2.12. The number of fused-ring (bicyclic) bond motifs is 2. The molecule has 5 nitrogen and oxygen atoms in total. The largest absolute Gasteiger partial charge is 0.492 e. The Morgan fingerprint density at radius 1 is 1.32 bits per heavy atom. The van der Waals surface area contributed by atoms with Crippen molar-refractivity contribution in [3.05, 3.63) is 65.9 Å². The van der Waals surface area contributed by atoms with E-state index in [0.717, 1.165) is 34.2 Å². The number of ether oxygens (including phenoxy) is 2. The first-order chi connectivity index (χ1) is 13.6. The van der Waals surface area contributed by atoms with E-state index in [1.165, 1.54) is 6.08 Å². The van der Waals surface area contributed by atoms with Crippen molar-refractivity contribution < 1.29 is 14.3 Å². The summed E-state index contributed by atoms with van der Waals surface area (Å²) in [5, 5.41) is 3.94. The fraction of sp³-hybridized carbons (Fsp3) is 0.217. The van der Waals surface area contributed by atoms with Gasteiger partial charge < -0.3 is 14.8 Å². The standard InChI is InChI=1S/C23H22N2O3/c1-3-27-21-13-18-12-15(2)28-20(18)14-19(21)25-22(26)10-9-17-7-4-6-16-8-5-11-24-23(16)17/h4-11,13-15H,3,12H2,1-2H3,(H,25,26)/b10-9+. The molecular weight excluding hydrogens is 352 g/mol. The molecule has 1 unspecified atom stereocenters. The number of nitrogens with zero attached hydrogens (tertiary/aromatic N) is 1. The second kappa shape index (κ2) is 7.72. The molecule has 5 heteroatoms. The Kier molecular flexibility index (Phi) is 4.98. The summed E-state index contributed by atoms with van der Waals surface area (Å²) in [5.74, 6) is 1.22. The van der Waals surface area contributed by atoms with Gasteiger partial charge in [-0.1, -0.05) is 24.3 Å². The van der Waals surface area contributed by atoms with Gasteiger partial charge in [-0.2, -0.15) is 0 Å². The number of para-hydroxylation sites is 1. The van der Waals surface area contributed by atoms with Gasteiger partial charge in [0.1, 0.15) is 17.6 Å². The van der Waals surface area contributed by atoms with Gasteiger partial charge in [0.15, 0.2) is 0 Å². The maximum atomic E-state index is 12.5. The molecule has 0 radical (unpaired) electrons. The van der Waals surface area contributed by atoms with Gasteiger partial charge in [0, 0.05) is 41.3 Å². The first-order valence-corrected chi connectivity index (χ1v) is 9.43. The Hall–Kier alpha value is -3.34. The van der Waals surface area contributed by atoms with E-state index in [1.807, 2.05) is 56.3 Å². The minimum Gasteiger partial charge on any atom is -0.492 e. The molecule has 28 heavy (non-hydrogen) atoms. The van der Waals surface area contributed by atoms with Crippen LogP contribution in [0.1, 0.15) is 25.0 Å². The summed E-state index contributed by atoms with van der Waals surface area (Å²) < 4.78 is 11.5. The molecule has 1 aromatic heterocycles. The molecule has 0 aliphatic carbocycles. The SMILES string of the molecule is CCOc1cc2c(cc1NC(=O)/C=C/c1cccc3cccnc13)OC(C)C2. The van der Waals surface area contributed by atoms with E-state index in [0.29, 0.717) is 18.0 Å². The number of hydrogen-bond acceptors (Lipinski definition) is 4. The summed E-state index contributed by atoms with van der Waals surface area (Å²) in [4.78, 5) is 16.9. The van der Waals surface area contributed by atoms with Crippen molar-refractivity contribution in [1.82, 2.24) is 4.98 Å². The average Bonchev–Trinajstić information content (AvgIpc) is 3.05. The third-order valence-electron chi connectivity index (χ3n) is 4.63. The number of rotatable bonds is 5. The van der Waals surface area contributed by atoms with Crippen LogP contribution in [0.15, 0.2) is 54.7 Å².